The normalized spacial score (nSPS) is 23.7. The number of nitrogens with zero attached hydrogens (tertiary/aromatic N) is 2. The lowest BCUT2D eigenvalue weighted by atomic mass is 9.75. The van der Waals surface area contributed by atoms with E-state index in [4.69, 9.17) is 21.1 Å². The van der Waals surface area contributed by atoms with E-state index in [0.29, 0.717) is 22.2 Å². The van der Waals surface area contributed by atoms with Crippen molar-refractivity contribution in [2.45, 2.75) is 30.7 Å². The Kier molecular flexibility index (Phi) is 7.31. The van der Waals surface area contributed by atoms with Gasteiger partial charge < -0.3 is 24.6 Å². The molecular formula is C27H29ClN2O5. The summed E-state index contributed by atoms with van der Waals surface area (Å²) < 4.78 is 12.1. The van der Waals surface area contributed by atoms with E-state index in [-0.39, 0.29) is 18.9 Å². The van der Waals surface area contributed by atoms with Gasteiger partial charge in [-0.3, -0.25) is 9.78 Å². The van der Waals surface area contributed by atoms with E-state index < -0.39 is 23.5 Å². The third-order valence-corrected chi connectivity index (χ3v) is 6.80. The first kappa shape index (κ1) is 25.0. The second-order valence-corrected chi connectivity index (χ2v) is 9.33. The zero-order chi connectivity index (χ0) is 25.2. The summed E-state index contributed by atoms with van der Waals surface area (Å²) in [6, 6.07) is 18.6. The maximum atomic E-state index is 13.4. The van der Waals surface area contributed by atoms with E-state index in [1.807, 2.05) is 54.6 Å². The highest BCUT2D eigenvalue weighted by atomic mass is 35.5. The maximum Gasteiger partial charge on any atom is 0.228 e. The number of halogens is 1. The number of hydrogen-bond donors (Lipinski definition) is 2. The summed E-state index contributed by atoms with van der Waals surface area (Å²) in [6.45, 7) is -0.357. The van der Waals surface area contributed by atoms with Crippen molar-refractivity contribution >= 4 is 17.5 Å². The molecule has 3 aromatic rings. The number of aliphatic hydroxyl groups excluding tert-OH is 2. The molecule has 1 heterocycles. The number of pyridine rings is 1. The summed E-state index contributed by atoms with van der Waals surface area (Å²) in [5.41, 5.74) is 0.746. The van der Waals surface area contributed by atoms with Crippen molar-refractivity contribution in [3.8, 4) is 11.5 Å². The van der Waals surface area contributed by atoms with Crippen molar-refractivity contribution in [3.63, 3.8) is 0 Å². The molecule has 4 atom stereocenters. The van der Waals surface area contributed by atoms with Crippen LogP contribution in [0.2, 0.25) is 5.02 Å². The average molecular weight is 497 g/mol. The number of carbonyl (C=O) groups is 1. The molecule has 0 spiro atoms. The molecule has 0 bridgehead atoms. The fourth-order valence-electron chi connectivity index (χ4n) is 5.01. The van der Waals surface area contributed by atoms with E-state index >= 15 is 0 Å². The van der Waals surface area contributed by atoms with Gasteiger partial charge in [0.05, 0.1) is 30.8 Å². The molecule has 184 valence electrons. The first-order valence-electron chi connectivity index (χ1n) is 11.3. The summed E-state index contributed by atoms with van der Waals surface area (Å²) in [7, 11) is 4.94. The number of hydrogen-bond acceptors (Lipinski definition) is 6. The highest BCUT2D eigenvalue weighted by molar-refractivity contribution is 6.30. The predicted octanol–water partition coefficient (Wildman–Crippen LogP) is 3.76. The first-order chi connectivity index (χ1) is 16.8. The standard InChI is InChI=1S/C27H29ClN2O5/c1-30(2)26(33)24-22(32)14-27(18-9-11-20(34-3)12-10-18,25(24)17-7-5-4-6-8-17)35-23-13-19(28)15-29-21(23)16-31/h4-13,15,22,24-25,31-32H,14,16H2,1-3H3/t22-,24-,25+,27-/m0/s1. The van der Waals surface area contributed by atoms with Crippen LogP contribution in [-0.4, -0.2) is 53.3 Å². The summed E-state index contributed by atoms with van der Waals surface area (Å²) in [4.78, 5) is 19.1. The Labute approximate surface area is 209 Å². The van der Waals surface area contributed by atoms with E-state index in [2.05, 4.69) is 4.98 Å². The summed E-state index contributed by atoms with van der Waals surface area (Å²) >= 11 is 6.24. The molecule has 1 aliphatic carbocycles. The van der Waals surface area contributed by atoms with Crippen LogP contribution in [0.5, 0.6) is 11.5 Å². The van der Waals surface area contributed by atoms with Crippen LogP contribution in [-0.2, 0) is 17.0 Å². The number of aromatic nitrogens is 1. The fourth-order valence-corrected chi connectivity index (χ4v) is 5.15. The molecule has 2 aromatic carbocycles. The highest BCUT2D eigenvalue weighted by Crippen LogP contribution is 2.56. The van der Waals surface area contributed by atoms with Gasteiger partial charge in [-0.15, -0.1) is 0 Å². The van der Waals surface area contributed by atoms with Crippen LogP contribution < -0.4 is 9.47 Å². The number of benzene rings is 2. The minimum atomic E-state index is -1.17. The number of rotatable bonds is 7. The van der Waals surface area contributed by atoms with Crippen molar-refractivity contribution in [1.82, 2.24) is 9.88 Å². The average Bonchev–Trinajstić information content (AvgIpc) is 3.16. The third kappa shape index (κ3) is 4.72. The van der Waals surface area contributed by atoms with Gasteiger partial charge in [-0.1, -0.05) is 54.1 Å². The highest BCUT2D eigenvalue weighted by Gasteiger charge is 2.59. The summed E-state index contributed by atoms with van der Waals surface area (Å²) in [5, 5.41) is 21.6. The van der Waals surface area contributed by atoms with Gasteiger partial charge in [0.25, 0.3) is 0 Å². The minimum Gasteiger partial charge on any atom is -0.497 e. The van der Waals surface area contributed by atoms with E-state index in [9.17, 15) is 15.0 Å². The fraction of sp³-hybridized carbons (Fsp3) is 0.333. The second-order valence-electron chi connectivity index (χ2n) is 8.89. The molecule has 0 radical (unpaired) electrons. The summed E-state index contributed by atoms with van der Waals surface area (Å²) in [5.74, 6) is -0.550. The van der Waals surface area contributed by atoms with Crippen molar-refractivity contribution in [2.75, 3.05) is 21.2 Å². The predicted molar refractivity (Wildman–Crippen MR) is 132 cm³/mol. The van der Waals surface area contributed by atoms with Gasteiger partial charge in [-0.2, -0.15) is 0 Å². The van der Waals surface area contributed by atoms with Crippen molar-refractivity contribution in [3.05, 3.63) is 88.7 Å². The van der Waals surface area contributed by atoms with Gasteiger partial charge in [0, 0.05) is 38.7 Å². The quantitative estimate of drug-likeness (QED) is 0.517. The number of ether oxygens (including phenoxy) is 2. The van der Waals surface area contributed by atoms with E-state index in [0.717, 1.165) is 11.1 Å². The zero-order valence-electron chi connectivity index (χ0n) is 19.9. The number of methoxy groups -OCH3 is 1. The first-order valence-corrected chi connectivity index (χ1v) is 11.7. The van der Waals surface area contributed by atoms with E-state index in [1.165, 1.54) is 11.1 Å². The van der Waals surface area contributed by atoms with Gasteiger partial charge in [0.2, 0.25) is 5.91 Å². The van der Waals surface area contributed by atoms with Crippen LogP contribution >= 0.6 is 11.6 Å². The lowest BCUT2D eigenvalue weighted by Gasteiger charge is -2.39. The van der Waals surface area contributed by atoms with Crippen molar-refractivity contribution in [2.24, 2.45) is 5.92 Å². The third-order valence-electron chi connectivity index (χ3n) is 6.59. The largest absolute Gasteiger partial charge is 0.497 e. The van der Waals surface area contributed by atoms with Gasteiger partial charge in [0.15, 0.2) is 0 Å². The second kappa shape index (κ2) is 10.2. The van der Waals surface area contributed by atoms with Crippen molar-refractivity contribution in [1.29, 1.82) is 0 Å². The van der Waals surface area contributed by atoms with Gasteiger partial charge in [0.1, 0.15) is 22.8 Å². The van der Waals surface area contributed by atoms with E-state index in [1.54, 1.807) is 27.3 Å². The van der Waals surface area contributed by atoms with Crippen LogP contribution in [0.15, 0.2) is 66.9 Å². The Morgan fingerprint density at radius 1 is 1.17 bits per heavy atom. The van der Waals surface area contributed by atoms with Gasteiger partial charge >= 0.3 is 0 Å². The Bertz CT molecular complexity index is 1170. The van der Waals surface area contributed by atoms with Crippen molar-refractivity contribution < 1.29 is 24.5 Å². The maximum absolute atomic E-state index is 13.4. The monoisotopic (exact) mass is 496 g/mol. The topological polar surface area (TPSA) is 92.1 Å². The molecule has 35 heavy (non-hydrogen) atoms. The summed E-state index contributed by atoms with van der Waals surface area (Å²) in [6.07, 6.45) is 0.596. The lowest BCUT2D eigenvalue weighted by Crippen LogP contribution is -2.41. The molecule has 1 fully saturated rings. The molecule has 8 heteroatoms. The Balaban J connectivity index is 1.97. The Hall–Kier alpha value is -3.13. The lowest BCUT2D eigenvalue weighted by molar-refractivity contribution is -0.136. The molecule has 7 nitrogen and oxygen atoms in total. The minimum absolute atomic E-state index is 0.139. The molecule has 1 aromatic heterocycles. The van der Waals surface area contributed by atoms with Gasteiger partial charge in [-0.05, 0) is 23.3 Å². The van der Waals surface area contributed by atoms with Crippen LogP contribution in [0.4, 0.5) is 0 Å². The molecule has 2 N–H and O–H groups in total. The molecule has 0 saturated heterocycles. The molecule has 1 amide bonds. The molecular weight excluding hydrogens is 468 g/mol. The van der Waals surface area contributed by atoms with Crippen LogP contribution in [0, 0.1) is 5.92 Å². The van der Waals surface area contributed by atoms with Crippen LogP contribution in [0.1, 0.15) is 29.2 Å². The molecule has 0 aliphatic heterocycles. The molecule has 0 unspecified atom stereocenters. The smallest absolute Gasteiger partial charge is 0.228 e. The molecule has 1 aliphatic rings. The Morgan fingerprint density at radius 2 is 1.86 bits per heavy atom. The number of amides is 1. The molecule has 1 saturated carbocycles. The zero-order valence-corrected chi connectivity index (χ0v) is 20.6. The Morgan fingerprint density at radius 3 is 2.46 bits per heavy atom. The number of carbonyl (C=O) groups excluding carboxylic acids is 1. The van der Waals surface area contributed by atoms with Gasteiger partial charge in [-0.25, -0.2) is 0 Å². The number of aliphatic hydroxyl groups is 2. The van der Waals surface area contributed by atoms with Crippen LogP contribution in [0.3, 0.4) is 0 Å². The SMILES string of the molecule is COc1ccc([C@@]2(Oc3cc(Cl)cnc3CO)C[C@H](O)[C@H](C(=O)N(C)C)[C@H]2c2ccccc2)cc1. The molecule has 4 rings (SSSR count). The van der Waals surface area contributed by atoms with Crippen LogP contribution in [0.25, 0.3) is 0 Å².